The standard InChI is InChI=1S/C35H49N5O3/c1-23-16-33-25(17-30(23)26-21-43-22-26)4-3-12-39(33)34-31-20-38(24(2)41)13-9-32(31)40(36-34)28-7-5-27(6-8-28)37-14-10-35(11-15-37)18-29(42)19-35/h16-17,26-29,42H,3-15,18-22H2,1-2H3. The van der Waals surface area contributed by atoms with Gasteiger partial charge in [0.25, 0.3) is 0 Å². The van der Waals surface area contributed by atoms with Crippen molar-refractivity contribution in [2.75, 3.05) is 44.3 Å². The largest absolute Gasteiger partial charge is 0.393 e. The Morgan fingerprint density at radius 2 is 1.74 bits per heavy atom. The molecular formula is C35H49N5O3. The molecule has 0 bridgehead atoms. The highest BCUT2D eigenvalue weighted by Gasteiger charge is 2.46. The summed E-state index contributed by atoms with van der Waals surface area (Å²) >= 11 is 0. The third kappa shape index (κ3) is 4.92. The van der Waals surface area contributed by atoms with Crippen LogP contribution in [0.5, 0.6) is 0 Å². The van der Waals surface area contributed by atoms with E-state index in [-0.39, 0.29) is 12.0 Å². The Morgan fingerprint density at radius 3 is 2.42 bits per heavy atom. The molecule has 6 aliphatic rings. The van der Waals surface area contributed by atoms with Crippen molar-refractivity contribution in [3.63, 3.8) is 0 Å². The van der Waals surface area contributed by atoms with E-state index < -0.39 is 0 Å². The minimum Gasteiger partial charge on any atom is -0.393 e. The van der Waals surface area contributed by atoms with Crippen LogP contribution in [0.1, 0.15) is 105 Å². The predicted molar refractivity (Wildman–Crippen MR) is 167 cm³/mol. The Balaban J connectivity index is 1.04. The maximum atomic E-state index is 12.5. The summed E-state index contributed by atoms with van der Waals surface area (Å²) in [6, 6.07) is 5.97. The molecule has 2 aromatic rings. The third-order valence-electron chi connectivity index (χ3n) is 12.2. The van der Waals surface area contributed by atoms with Crippen LogP contribution < -0.4 is 4.90 Å². The van der Waals surface area contributed by atoms with Crippen LogP contribution in [-0.4, -0.2) is 82.1 Å². The van der Waals surface area contributed by atoms with Gasteiger partial charge in [0.05, 0.1) is 31.9 Å². The molecule has 2 saturated heterocycles. The number of aryl methyl sites for hydroxylation is 2. The van der Waals surface area contributed by atoms with Gasteiger partial charge in [0, 0.05) is 55.3 Å². The number of ether oxygens (including phenoxy) is 1. The number of hydrogen-bond donors (Lipinski definition) is 1. The second kappa shape index (κ2) is 10.9. The Hall–Kier alpha value is -2.42. The van der Waals surface area contributed by atoms with Crippen LogP contribution in [0.3, 0.4) is 0 Å². The molecule has 1 amide bonds. The second-order valence-corrected chi connectivity index (χ2v) is 14.8. The van der Waals surface area contributed by atoms with Crippen molar-refractivity contribution in [3.05, 3.63) is 40.1 Å². The van der Waals surface area contributed by atoms with E-state index in [1.807, 2.05) is 4.90 Å². The van der Waals surface area contributed by atoms with Crippen LogP contribution in [0.2, 0.25) is 0 Å². The van der Waals surface area contributed by atoms with E-state index in [1.54, 1.807) is 6.92 Å². The van der Waals surface area contributed by atoms with Gasteiger partial charge < -0.3 is 24.5 Å². The number of aliphatic hydroxyl groups is 1. The summed E-state index contributed by atoms with van der Waals surface area (Å²) in [5.41, 5.74) is 8.64. The van der Waals surface area contributed by atoms with Gasteiger partial charge in [0.15, 0.2) is 5.82 Å². The lowest BCUT2D eigenvalue weighted by Gasteiger charge is -2.52. The lowest BCUT2D eigenvalue weighted by atomic mass is 9.61. The van der Waals surface area contributed by atoms with Crippen LogP contribution in [0.15, 0.2) is 12.1 Å². The minimum atomic E-state index is -0.0447. The fourth-order valence-corrected chi connectivity index (χ4v) is 9.43. The van der Waals surface area contributed by atoms with Crippen molar-refractivity contribution in [2.24, 2.45) is 5.41 Å². The van der Waals surface area contributed by atoms with Crippen molar-refractivity contribution in [2.45, 2.75) is 115 Å². The third-order valence-corrected chi connectivity index (χ3v) is 12.2. The smallest absolute Gasteiger partial charge is 0.219 e. The zero-order chi connectivity index (χ0) is 29.3. The van der Waals surface area contributed by atoms with Crippen molar-refractivity contribution >= 4 is 17.4 Å². The first-order chi connectivity index (χ1) is 20.9. The number of aliphatic hydroxyl groups excluding tert-OH is 1. The van der Waals surface area contributed by atoms with Gasteiger partial charge in [0.2, 0.25) is 5.91 Å². The van der Waals surface area contributed by atoms with Gasteiger partial charge in [-0.05, 0) is 112 Å². The molecule has 1 spiro atoms. The quantitative estimate of drug-likeness (QED) is 0.542. The fourth-order valence-electron chi connectivity index (χ4n) is 9.43. The summed E-state index contributed by atoms with van der Waals surface area (Å²) in [7, 11) is 0. The van der Waals surface area contributed by atoms with Gasteiger partial charge in [0.1, 0.15) is 0 Å². The first-order valence-corrected chi connectivity index (χ1v) is 17.1. The monoisotopic (exact) mass is 587 g/mol. The van der Waals surface area contributed by atoms with E-state index in [1.165, 1.54) is 85.2 Å². The van der Waals surface area contributed by atoms with Gasteiger partial charge in [-0.1, -0.05) is 6.07 Å². The van der Waals surface area contributed by atoms with Crippen LogP contribution in [0.4, 0.5) is 11.5 Å². The molecule has 1 N–H and O–H groups in total. The molecule has 5 heterocycles. The predicted octanol–water partition coefficient (Wildman–Crippen LogP) is 5.01. The molecule has 0 unspecified atom stereocenters. The molecule has 4 aliphatic heterocycles. The number of fused-ring (bicyclic) bond motifs is 2. The van der Waals surface area contributed by atoms with Crippen molar-refractivity contribution in [1.82, 2.24) is 19.6 Å². The van der Waals surface area contributed by atoms with Crippen molar-refractivity contribution in [3.8, 4) is 0 Å². The zero-order valence-electron chi connectivity index (χ0n) is 26.2. The van der Waals surface area contributed by atoms with Crippen LogP contribution in [0, 0.1) is 12.3 Å². The summed E-state index contributed by atoms with van der Waals surface area (Å²) in [5.74, 6) is 1.78. The second-order valence-electron chi connectivity index (χ2n) is 14.8. The summed E-state index contributed by atoms with van der Waals surface area (Å²) < 4.78 is 7.94. The van der Waals surface area contributed by atoms with Gasteiger partial charge in [-0.15, -0.1) is 0 Å². The Morgan fingerprint density at radius 1 is 1.00 bits per heavy atom. The summed E-state index contributed by atoms with van der Waals surface area (Å²) in [4.78, 5) is 19.8. The normalized spacial score (nSPS) is 27.9. The minimum absolute atomic E-state index is 0.0447. The zero-order valence-corrected chi connectivity index (χ0v) is 26.2. The molecule has 8 rings (SSSR count). The molecule has 1 aromatic heterocycles. The molecule has 232 valence electrons. The molecule has 8 nitrogen and oxygen atoms in total. The van der Waals surface area contributed by atoms with Gasteiger partial charge in [-0.2, -0.15) is 5.10 Å². The SMILES string of the molecule is CC(=O)N1CCc2c(c(N3CCCc4cc(C5COC5)c(C)cc43)nn2C2CCC(N3CCC4(CC3)CC(O)C4)CC2)C1. The van der Waals surface area contributed by atoms with Crippen molar-refractivity contribution < 1.29 is 14.6 Å². The molecule has 4 fully saturated rings. The molecular weight excluding hydrogens is 538 g/mol. The number of anilines is 2. The molecule has 0 atom stereocenters. The Kier molecular flexibility index (Phi) is 7.11. The molecule has 8 heteroatoms. The van der Waals surface area contributed by atoms with Crippen LogP contribution in [0.25, 0.3) is 0 Å². The van der Waals surface area contributed by atoms with Gasteiger partial charge in [-0.25, -0.2) is 0 Å². The van der Waals surface area contributed by atoms with Crippen LogP contribution >= 0.6 is 0 Å². The number of benzene rings is 1. The highest BCUT2D eigenvalue weighted by atomic mass is 16.5. The molecule has 2 saturated carbocycles. The highest BCUT2D eigenvalue weighted by Crippen LogP contribution is 2.50. The number of amides is 1. The number of carbonyl (C=O) groups excluding carboxylic acids is 1. The Labute approximate surface area is 256 Å². The maximum absolute atomic E-state index is 12.5. The highest BCUT2D eigenvalue weighted by molar-refractivity contribution is 5.75. The summed E-state index contributed by atoms with van der Waals surface area (Å²) in [6.45, 7) is 10.5. The summed E-state index contributed by atoms with van der Waals surface area (Å²) in [6.07, 6.45) is 12.5. The van der Waals surface area contributed by atoms with E-state index >= 15 is 0 Å². The average Bonchev–Trinajstić information content (AvgIpc) is 3.35. The van der Waals surface area contributed by atoms with Gasteiger partial charge >= 0.3 is 0 Å². The number of hydrogen-bond acceptors (Lipinski definition) is 6. The van der Waals surface area contributed by atoms with E-state index in [9.17, 15) is 9.90 Å². The van der Waals surface area contributed by atoms with E-state index in [0.717, 1.165) is 64.2 Å². The maximum Gasteiger partial charge on any atom is 0.219 e. The Bertz CT molecular complexity index is 1370. The number of carbonyl (C=O) groups is 1. The van der Waals surface area contributed by atoms with E-state index in [2.05, 4.69) is 33.5 Å². The topological polar surface area (TPSA) is 74.1 Å². The first kappa shape index (κ1) is 28.1. The molecule has 0 radical (unpaired) electrons. The number of nitrogens with zero attached hydrogens (tertiary/aromatic N) is 5. The van der Waals surface area contributed by atoms with E-state index in [0.29, 0.717) is 30.0 Å². The molecule has 43 heavy (non-hydrogen) atoms. The number of piperidine rings is 1. The van der Waals surface area contributed by atoms with Crippen LogP contribution in [-0.2, 0) is 28.9 Å². The number of aromatic nitrogens is 2. The lowest BCUT2D eigenvalue weighted by molar-refractivity contribution is -0.129. The fraction of sp³-hybridized carbons (Fsp3) is 0.714. The molecule has 2 aliphatic carbocycles. The van der Waals surface area contributed by atoms with E-state index in [4.69, 9.17) is 9.84 Å². The van der Waals surface area contributed by atoms with Crippen molar-refractivity contribution in [1.29, 1.82) is 0 Å². The first-order valence-electron chi connectivity index (χ1n) is 17.1. The number of rotatable bonds is 4. The molecule has 1 aromatic carbocycles. The average molecular weight is 588 g/mol. The number of likely N-dealkylation sites (tertiary alicyclic amines) is 1. The summed E-state index contributed by atoms with van der Waals surface area (Å²) in [5, 5.41) is 15.4. The van der Waals surface area contributed by atoms with Gasteiger partial charge in [-0.3, -0.25) is 9.48 Å². The lowest BCUT2D eigenvalue weighted by Crippen LogP contribution is -2.52.